The zero-order valence-electron chi connectivity index (χ0n) is 21.1. The molecule has 0 nitrogen and oxygen atoms in total. The normalized spacial score (nSPS) is 32.2. The van der Waals surface area contributed by atoms with Gasteiger partial charge >= 0.3 is 0 Å². The Hall–Kier alpha value is -3.12. The zero-order chi connectivity index (χ0) is 24.0. The summed E-state index contributed by atoms with van der Waals surface area (Å²) < 4.78 is 0. The van der Waals surface area contributed by atoms with Gasteiger partial charge in [-0.3, -0.25) is 0 Å². The molecule has 176 valence electrons. The second-order valence-corrected chi connectivity index (χ2v) is 12.0. The van der Waals surface area contributed by atoms with Crippen LogP contribution in [0.5, 0.6) is 0 Å². The molecule has 2 aliphatic carbocycles. The third-order valence-corrected chi connectivity index (χ3v) is 9.30. The highest BCUT2D eigenvalue weighted by Crippen LogP contribution is 2.67. The Kier molecular flexibility index (Phi) is 5.26. The predicted octanol–water partition coefficient (Wildman–Crippen LogP) is 8.76. The first-order chi connectivity index (χ1) is 17.0. The standard InChI is InChI=1S/C35H36/c1-32(28-15-7-3-8-16-28)23-34(30-19-11-5-12-20-30)25-33(2,29-17-9-4-10-18-29)26-35(24-32,27-34)31-21-13-6-14-22-31/h3-22H,23-27H2,1-2H3. The molecule has 0 saturated heterocycles. The first kappa shape index (κ1) is 22.4. The van der Waals surface area contributed by atoms with E-state index in [9.17, 15) is 0 Å². The van der Waals surface area contributed by atoms with Gasteiger partial charge in [0.2, 0.25) is 0 Å². The molecule has 0 unspecified atom stereocenters. The Morgan fingerprint density at radius 2 is 0.600 bits per heavy atom. The lowest BCUT2D eigenvalue weighted by atomic mass is 9.40. The van der Waals surface area contributed by atoms with E-state index in [0.29, 0.717) is 0 Å². The van der Waals surface area contributed by atoms with Crippen LogP contribution in [-0.4, -0.2) is 0 Å². The Bertz CT molecular complexity index is 1150. The summed E-state index contributed by atoms with van der Waals surface area (Å²) in [6.45, 7) is 5.09. The molecule has 2 fully saturated rings. The number of fused-ring (bicyclic) bond motifs is 2. The van der Waals surface area contributed by atoms with Gasteiger partial charge < -0.3 is 0 Å². The topological polar surface area (TPSA) is 0 Å². The van der Waals surface area contributed by atoms with Crippen LogP contribution in [0.1, 0.15) is 68.2 Å². The van der Waals surface area contributed by atoms with Crippen LogP contribution in [0.2, 0.25) is 0 Å². The van der Waals surface area contributed by atoms with Crippen molar-refractivity contribution in [2.75, 3.05) is 0 Å². The lowest BCUT2D eigenvalue weighted by Gasteiger charge is -2.64. The smallest absolute Gasteiger partial charge is 0.00218 e. The lowest BCUT2D eigenvalue weighted by Crippen LogP contribution is -2.59. The molecular formula is C35H36. The average Bonchev–Trinajstić information content (AvgIpc) is 2.90. The van der Waals surface area contributed by atoms with Crippen LogP contribution in [0.15, 0.2) is 121 Å². The molecule has 0 radical (unpaired) electrons. The summed E-state index contributed by atoms with van der Waals surface area (Å²) in [4.78, 5) is 0. The van der Waals surface area contributed by atoms with E-state index >= 15 is 0 Å². The van der Waals surface area contributed by atoms with E-state index < -0.39 is 0 Å². The monoisotopic (exact) mass is 456 g/mol. The van der Waals surface area contributed by atoms with Crippen molar-refractivity contribution in [2.24, 2.45) is 0 Å². The molecule has 0 N–H and O–H groups in total. The number of hydrogen-bond acceptors (Lipinski definition) is 0. The summed E-state index contributed by atoms with van der Waals surface area (Å²) in [5.41, 5.74) is 6.47. The van der Waals surface area contributed by atoms with Crippen LogP contribution >= 0.6 is 0 Å². The van der Waals surface area contributed by atoms with Crippen molar-refractivity contribution < 1.29 is 0 Å². The summed E-state index contributed by atoms with van der Waals surface area (Å²) in [6.07, 6.45) is 5.96. The molecule has 4 aromatic rings. The van der Waals surface area contributed by atoms with Crippen molar-refractivity contribution in [1.82, 2.24) is 0 Å². The van der Waals surface area contributed by atoms with E-state index in [1.165, 1.54) is 54.4 Å². The third kappa shape index (κ3) is 3.75. The van der Waals surface area contributed by atoms with Gasteiger partial charge in [-0.1, -0.05) is 135 Å². The van der Waals surface area contributed by atoms with Crippen molar-refractivity contribution in [1.29, 1.82) is 0 Å². The van der Waals surface area contributed by atoms with Gasteiger partial charge in [-0.05, 0) is 76.0 Å². The Morgan fingerprint density at radius 3 is 0.886 bits per heavy atom. The molecule has 2 bridgehead atoms. The molecule has 0 aliphatic heterocycles. The summed E-state index contributed by atoms with van der Waals surface area (Å²) >= 11 is 0. The molecule has 6 rings (SSSR count). The fourth-order valence-corrected chi connectivity index (χ4v) is 8.42. The van der Waals surface area contributed by atoms with Crippen LogP contribution in [0.4, 0.5) is 0 Å². The molecule has 0 atom stereocenters. The minimum absolute atomic E-state index is 0.114. The molecule has 0 heteroatoms. The fourth-order valence-electron chi connectivity index (χ4n) is 8.42. The minimum atomic E-state index is 0.114. The summed E-state index contributed by atoms with van der Waals surface area (Å²) in [5, 5.41) is 0. The number of rotatable bonds is 4. The van der Waals surface area contributed by atoms with Gasteiger partial charge in [-0.2, -0.15) is 0 Å². The second kappa shape index (κ2) is 8.23. The van der Waals surface area contributed by atoms with Crippen LogP contribution < -0.4 is 0 Å². The highest BCUT2D eigenvalue weighted by Gasteiger charge is 2.61. The van der Waals surface area contributed by atoms with Crippen LogP contribution in [0.3, 0.4) is 0 Å². The summed E-state index contributed by atoms with van der Waals surface area (Å²) in [6, 6.07) is 45.6. The van der Waals surface area contributed by atoms with E-state index in [4.69, 9.17) is 0 Å². The summed E-state index contributed by atoms with van der Waals surface area (Å²) in [5.74, 6) is 0. The number of hydrogen-bond donors (Lipinski definition) is 0. The van der Waals surface area contributed by atoms with Gasteiger partial charge in [0.1, 0.15) is 0 Å². The van der Waals surface area contributed by atoms with Gasteiger partial charge in [0, 0.05) is 0 Å². The van der Waals surface area contributed by atoms with Crippen LogP contribution in [-0.2, 0) is 21.7 Å². The van der Waals surface area contributed by atoms with Crippen LogP contribution in [0.25, 0.3) is 0 Å². The molecule has 35 heavy (non-hydrogen) atoms. The van der Waals surface area contributed by atoms with E-state index in [0.717, 1.165) is 0 Å². The summed E-state index contributed by atoms with van der Waals surface area (Å²) in [7, 11) is 0. The van der Waals surface area contributed by atoms with Gasteiger partial charge in [0.05, 0.1) is 0 Å². The minimum Gasteiger partial charge on any atom is -0.0622 e. The molecule has 4 aromatic carbocycles. The van der Waals surface area contributed by atoms with Crippen molar-refractivity contribution in [3.8, 4) is 0 Å². The molecule has 0 amide bonds. The van der Waals surface area contributed by atoms with Crippen molar-refractivity contribution in [2.45, 2.75) is 67.6 Å². The van der Waals surface area contributed by atoms with E-state index in [-0.39, 0.29) is 21.7 Å². The predicted molar refractivity (Wildman–Crippen MR) is 147 cm³/mol. The van der Waals surface area contributed by atoms with E-state index in [2.05, 4.69) is 135 Å². The van der Waals surface area contributed by atoms with Gasteiger partial charge in [-0.15, -0.1) is 0 Å². The Balaban J connectivity index is 1.61. The molecule has 0 aromatic heterocycles. The zero-order valence-corrected chi connectivity index (χ0v) is 21.1. The third-order valence-electron chi connectivity index (χ3n) is 9.30. The van der Waals surface area contributed by atoms with E-state index in [1.807, 2.05) is 0 Å². The molecule has 0 spiro atoms. The Morgan fingerprint density at radius 1 is 0.343 bits per heavy atom. The molecule has 2 saturated carbocycles. The van der Waals surface area contributed by atoms with Gasteiger partial charge in [0.15, 0.2) is 0 Å². The fraction of sp³-hybridized carbons (Fsp3) is 0.314. The maximum Gasteiger partial charge on any atom is -0.00218 e. The first-order valence-corrected chi connectivity index (χ1v) is 13.2. The van der Waals surface area contributed by atoms with Crippen molar-refractivity contribution >= 4 is 0 Å². The highest BCUT2D eigenvalue weighted by atomic mass is 14.6. The first-order valence-electron chi connectivity index (χ1n) is 13.2. The average molecular weight is 457 g/mol. The maximum atomic E-state index is 2.54. The molecular weight excluding hydrogens is 420 g/mol. The van der Waals surface area contributed by atoms with Gasteiger partial charge in [0.25, 0.3) is 0 Å². The SMILES string of the molecule is CC1(c2ccccc2)CC2(c3ccccc3)CC(C)(c3ccccc3)CC(c3ccccc3)(C1)C2. The maximum absolute atomic E-state index is 2.54. The number of benzene rings is 4. The Labute approximate surface area is 211 Å². The lowest BCUT2D eigenvalue weighted by molar-refractivity contribution is 0.0166. The van der Waals surface area contributed by atoms with Crippen molar-refractivity contribution in [3.05, 3.63) is 144 Å². The molecule has 2 aliphatic rings. The van der Waals surface area contributed by atoms with Crippen molar-refractivity contribution in [3.63, 3.8) is 0 Å². The highest BCUT2D eigenvalue weighted by molar-refractivity contribution is 5.44. The largest absolute Gasteiger partial charge is 0.0622 e. The quantitative estimate of drug-likeness (QED) is 0.288. The second-order valence-electron chi connectivity index (χ2n) is 12.0. The molecule has 0 heterocycles. The van der Waals surface area contributed by atoms with Gasteiger partial charge in [-0.25, -0.2) is 0 Å². The van der Waals surface area contributed by atoms with E-state index in [1.54, 1.807) is 0 Å². The van der Waals surface area contributed by atoms with Crippen LogP contribution in [0, 0.1) is 0 Å².